The molecule has 2 N–H and O–H groups in total. The van der Waals surface area contributed by atoms with Crippen LogP contribution >= 0.6 is 11.3 Å². The lowest BCUT2D eigenvalue weighted by Crippen LogP contribution is -2.01. The van der Waals surface area contributed by atoms with Crippen molar-refractivity contribution in [2.75, 3.05) is 6.54 Å². The first-order valence-electron chi connectivity index (χ1n) is 5.45. The molecule has 84 valence electrons. The molecule has 0 saturated heterocycles. The summed E-state index contributed by atoms with van der Waals surface area (Å²) in [7, 11) is 0. The number of nitrogens with two attached hydrogens (primary N) is 1. The minimum atomic E-state index is 0.628. The Morgan fingerprint density at radius 3 is 2.56 bits per heavy atom. The van der Waals surface area contributed by atoms with E-state index in [1.54, 1.807) is 11.3 Å². The molecule has 0 saturated carbocycles. The number of aromatic nitrogens is 2. The predicted molar refractivity (Wildman–Crippen MR) is 67.5 cm³/mol. The zero-order chi connectivity index (χ0) is 11.4. The van der Waals surface area contributed by atoms with Gasteiger partial charge in [0, 0.05) is 12.0 Å². The van der Waals surface area contributed by atoms with Crippen LogP contribution in [0.15, 0.2) is 24.3 Å². The monoisotopic (exact) mass is 233 g/mol. The van der Waals surface area contributed by atoms with Crippen LogP contribution in [0.2, 0.25) is 0 Å². The molecule has 0 amide bonds. The Bertz CT molecular complexity index is 448. The smallest absolute Gasteiger partial charge is 0.147 e. The van der Waals surface area contributed by atoms with Crippen LogP contribution in [0.5, 0.6) is 0 Å². The molecule has 0 aliphatic carbocycles. The first kappa shape index (κ1) is 11.2. The summed E-state index contributed by atoms with van der Waals surface area (Å²) in [5.74, 6) is 0. The minimum Gasteiger partial charge on any atom is -0.330 e. The molecule has 16 heavy (non-hydrogen) atoms. The van der Waals surface area contributed by atoms with Gasteiger partial charge in [0.15, 0.2) is 0 Å². The molecular weight excluding hydrogens is 218 g/mol. The Morgan fingerprint density at radius 1 is 1.19 bits per heavy atom. The van der Waals surface area contributed by atoms with Gasteiger partial charge in [-0.2, -0.15) is 0 Å². The highest BCUT2D eigenvalue weighted by Gasteiger charge is 2.05. The maximum Gasteiger partial charge on any atom is 0.147 e. The van der Waals surface area contributed by atoms with Crippen LogP contribution < -0.4 is 5.73 Å². The molecule has 2 rings (SSSR count). The first-order chi connectivity index (χ1) is 7.83. The van der Waals surface area contributed by atoms with Gasteiger partial charge in [-0.3, -0.25) is 0 Å². The standard InChI is InChI=1S/C12H15N3S/c1-2-9-3-5-10(6-4-9)12-15-14-11(16-12)7-8-13/h3-6H,2,7-8,13H2,1H3. The third-order valence-electron chi connectivity index (χ3n) is 2.43. The fourth-order valence-corrected chi connectivity index (χ4v) is 2.34. The lowest BCUT2D eigenvalue weighted by Gasteiger charge is -1.97. The number of hydrogen-bond acceptors (Lipinski definition) is 4. The second kappa shape index (κ2) is 5.18. The zero-order valence-electron chi connectivity index (χ0n) is 9.31. The Balaban J connectivity index is 2.21. The second-order valence-corrected chi connectivity index (χ2v) is 4.65. The largest absolute Gasteiger partial charge is 0.330 e. The van der Waals surface area contributed by atoms with Gasteiger partial charge in [-0.05, 0) is 18.5 Å². The molecule has 0 radical (unpaired) electrons. The van der Waals surface area contributed by atoms with Crippen LogP contribution in [0.1, 0.15) is 17.5 Å². The van der Waals surface area contributed by atoms with Gasteiger partial charge in [-0.15, -0.1) is 10.2 Å². The summed E-state index contributed by atoms with van der Waals surface area (Å²) in [6.07, 6.45) is 1.87. The molecule has 0 bridgehead atoms. The molecule has 0 atom stereocenters. The Hall–Kier alpha value is -1.26. The SMILES string of the molecule is CCc1ccc(-c2nnc(CCN)s2)cc1. The molecular formula is C12H15N3S. The van der Waals surface area contributed by atoms with E-state index in [1.165, 1.54) is 5.56 Å². The van der Waals surface area contributed by atoms with Crippen molar-refractivity contribution in [3.8, 4) is 10.6 Å². The van der Waals surface area contributed by atoms with Crippen molar-refractivity contribution < 1.29 is 0 Å². The number of rotatable bonds is 4. The summed E-state index contributed by atoms with van der Waals surface area (Å²) in [6, 6.07) is 8.48. The maximum absolute atomic E-state index is 5.49. The van der Waals surface area contributed by atoms with Crippen molar-refractivity contribution >= 4 is 11.3 Å². The Morgan fingerprint density at radius 2 is 1.94 bits per heavy atom. The van der Waals surface area contributed by atoms with Crippen LogP contribution in [0.3, 0.4) is 0 Å². The maximum atomic E-state index is 5.49. The molecule has 0 unspecified atom stereocenters. The van der Waals surface area contributed by atoms with Crippen LogP contribution in [0.4, 0.5) is 0 Å². The molecule has 1 aromatic carbocycles. The van der Waals surface area contributed by atoms with E-state index in [0.29, 0.717) is 6.54 Å². The quantitative estimate of drug-likeness (QED) is 0.881. The third kappa shape index (κ3) is 2.46. The van der Waals surface area contributed by atoms with Gasteiger partial charge in [0.2, 0.25) is 0 Å². The fraction of sp³-hybridized carbons (Fsp3) is 0.333. The van der Waals surface area contributed by atoms with Crippen molar-refractivity contribution in [2.45, 2.75) is 19.8 Å². The van der Waals surface area contributed by atoms with E-state index in [0.717, 1.165) is 28.4 Å². The topological polar surface area (TPSA) is 51.8 Å². The molecule has 0 fully saturated rings. The first-order valence-corrected chi connectivity index (χ1v) is 6.27. The summed E-state index contributed by atoms with van der Waals surface area (Å²) in [6.45, 7) is 2.78. The van der Waals surface area contributed by atoms with Gasteiger partial charge in [-0.1, -0.05) is 42.5 Å². The summed E-state index contributed by atoms with van der Waals surface area (Å²) in [5.41, 5.74) is 7.97. The molecule has 4 heteroatoms. The summed E-state index contributed by atoms with van der Waals surface area (Å²) in [4.78, 5) is 0. The number of aryl methyl sites for hydroxylation is 1. The molecule has 0 aliphatic heterocycles. The van der Waals surface area contributed by atoms with E-state index in [9.17, 15) is 0 Å². The van der Waals surface area contributed by atoms with Crippen LogP contribution in [-0.2, 0) is 12.8 Å². The highest BCUT2D eigenvalue weighted by molar-refractivity contribution is 7.14. The predicted octanol–water partition coefficient (Wildman–Crippen LogP) is 2.27. The highest BCUT2D eigenvalue weighted by atomic mass is 32.1. The van der Waals surface area contributed by atoms with Crippen molar-refractivity contribution in [1.82, 2.24) is 10.2 Å². The number of nitrogens with zero attached hydrogens (tertiary/aromatic N) is 2. The number of benzene rings is 1. The number of hydrogen-bond donors (Lipinski definition) is 1. The van der Waals surface area contributed by atoms with Gasteiger partial charge in [0.1, 0.15) is 10.0 Å². The van der Waals surface area contributed by atoms with Crippen LogP contribution in [0, 0.1) is 0 Å². The molecule has 1 aromatic heterocycles. The average Bonchev–Trinajstić information content (AvgIpc) is 2.78. The van der Waals surface area contributed by atoms with Gasteiger partial charge in [-0.25, -0.2) is 0 Å². The van der Waals surface area contributed by atoms with Crippen molar-refractivity contribution in [3.63, 3.8) is 0 Å². The Labute approximate surface area is 99.3 Å². The lowest BCUT2D eigenvalue weighted by molar-refractivity contribution is 0.913. The lowest BCUT2D eigenvalue weighted by atomic mass is 10.1. The summed E-state index contributed by atoms with van der Waals surface area (Å²) in [5, 5.41) is 10.3. The zero-order valence-corrected chi connectivity index (χ0v) is 10.1. The van der Waals surface area contributed by atoms with E-state index in [1.807, 2.05) is 0 Å². The summed E-state index contributed by atoms with van der Waals surface area (Å²) < 4.78 is 0. The van der Waals surface area contributed by atoms with Crippen molar-refractivity contribution in [1.29, 1.82) is 0 Å². The highest BCUT2D eigenvalue weighted by Crippen LogP contribution is 2.23. The summed E-state index contributed by atoms with van der Waals surface area (Å²) >= 11 is 1.62. The van der Waals surface area contributed by atoms with E-state index in [4.69, 9.17) is 5.73 Å². The van der Waals surface area contributed by atoms with E-state index in [2.05, 4.69) is 41.4 Å². The third-order valence-corrected chi connectivity index (χ3v) is 3.47. The van der Waals surface area contributed by atoms with Crippen LogP contribution in [0.25, 0.3) is 10.6 Å². The minimum absolute atomic E-state index is 0.628. The van der Waals surface area contributed by atoms with Gasteiger partial charge >= 0.3 is 0 Å². The van der Waals surface area contributed by atoms with Gasteiger partial charge in [0.25, 0.3) is 0 Å². The van der Waals surface area contributed by atoms with E-state index >= 15 is 0 Å². The van der Waals surface area contributed by atoms with Crippen molar-refractivity contribution in [2.24, 2.45) is 5.73 Å². The molecule has 3 nitrogen and oxygen atoms in total. The van der Waals surface area contributed by atoms with Crippen molar-refractivity contribution in [3.05, 3.63) is 34.8 Å². The molecule has 0 spiro atoms. The molecule has 2 aromatic rings. The normalized spacial score (nSPS) is 10.6. The molecule has 1 heterocycles. The Kier molecular flexibility index (Phi) is 3.64. The molecule has 0 aliphatic rings. The fourth-order valence-electron chi connectivity index (χ4n) is 1.48. The van der Waals surface area contributed by atoms with Gasteiger partial charge < -0.3 is 5.73 Å². The van der Waals surface area contributed by atoms with E-state index < -0.39 is 0 Å². The van der Waals surface area contributed by atoms with Crippen LogP contribution in [-0.4, -0.2) is 16.7 Å². The van der Waals surface area contributed by atoms with E-state index in [-0.39, 0.29) is 0 Å². The second-order valence-electron chi connectivity index (χ2n) is 3.59. The van der Waals surface area contributed by atoms with Gasteiger partial charge in [0.05, 0.1) is 0 Å². The average molecular weight is 233 g/mol.